The van der Waals surface area contributed by atoms with Crippen LogP contribution >= 0.6 is 15.9 Å². The van der Waals surface area contributed by atoms with Gasteiger partial charge in [-0.1, -0.05) is 0 Å². The Morgan fingerprint density at radius 3 is 2.84 bits per heavy atom. The molecule has 2 bridgehead atoms. The Balaban J connectivity index is 1.75. The van der Waals surface area contributed by atoms with E-state index >= 15 is 0 Å². The minimum atomic E-state index is 0.0634. The fraction of sp³-hybridized carbons (Fsp3) is 0.571. The van der Waals surface area contributed by atoms with Gasteiger partial charge in [-0.3, -0.25) is 9.69 Å². The van der Waals surface area contributed by atoms with Crippen molar-refractivity contribution in [3.63, 3.8) is 0 Å². The van der Waals surface area contributed by atoms with E-state index in [4.69, 9.17) is 0 Å². The number of hydrogen-bond acceptors (Lipinski definition) is 3. The van der Waals surface area contributed by atoms with Crippen LogP contribution in [0.2, 0.25) is 0 Å². The minimum absolute atomic E-state index is 0.0634. The molecule has 19 heavy (non-hydrogen) atoms. The lowest BCUT2D eigenvalue weighted by atomic mass is 10.1. The number of likely N-dealkylation sites (N-methyl/N-ethyl adjacent to an activating group) is 1. The zero-order valence-electron chi connectivity index (χ0n) is 11.1. The van der Waals surface area contributed by atoms with Gasteiger partial charge in [-0.15, -0.1) is 0 Å². The van der Waals surface area contributed by atoms with Crippen molar-refractivity contribution in [2.24, 2.45) is 0 Å². The topological polar surface area (TPSA) is 36.4 Å². The van der Waals surface area contributed by atoms with E-state index < -0.39 is 0 Å². The lowest BCUT2D eigenvalue weighted by Gasteiger charge is -2.25. The lowest BCUT2D eigenvalue weighted by molar-refractivity contribution is 0.0734. The maximum Gasteiger partial charge on any atom is 0.272 e. The molecule has 2 fully saturated rings. The summed E-state index contributed by atoms with van der Waals surface area (Å²) in [6.07, 6.45) is 5.25. The Morgan fingerprint density at radius 1 is 1.32 bits per heavy atom. The number of rotatable bonds is 1. The molecule has 0 spiro atoms. The predicted molar refractivity (Wildman–Crippen MR) is 77.0 cm³/mol. The van der Waals surface area contributed by atoms with Gasteiger partial charge in [-0.05, 0) is 54.4 Å². The SMILES string of the molecule is CN1C2CCC1CN(C(=O)c1ccc(Br)cn1)CC2. The van der Waals surface area contributed by atoms with E-state index in [1.165, 1.54) is 12.8 Å². The third kappa shape index (κ3) is 2.54. The Kier molecular flexibility index (Phi) is 3.58. The van der Waals surface area contributed by atoms with Crippen molar-refractivity contribution in [1.29, 1.82) is 0 Å². The Morgan fingerprint density at radius 2 is 2.11 bits per heavy atom. The zero-order chi connectivity index (χ0) is 13.4. The number of carbonyl (C=O) groups is 1. The largest absolute Gasteiger partial charge is 0.336 e. The van der Waals surface area contributed by atoms with Gasteiger partial charge >= 0.3 is 0 Å². The fourth-order valence-corrected chi connectivity index (χ4v) is 3.39. The van der Waals surface area contributed by atoms with Crippen LogP contribution in [0.4, 0.5) is 0 Å². The van der Waals surface area contributed by atoms with Crippen LogP contribution < -0.4 is 0 Å². The molecule has 102 valence electrons. The van der Waals surface area contributed by atoms with E-state index in [0.717, 1.165) is 24.0 Å². The van der Waals surface area contributed by atoms with Gasteiger partial charge in [0.1, 0.15) is 5.69 Å². The first-order valence-electron chi connectivity index (χ1n) is 6.78. The number of aromatic nitrogens is 1. The molecule has 2 atom stereocenters. The van der Waals surface area contributed by atoms with Gasteiger partial charge in [-0.25, -0.2) is 4.98 Å². The van der Waals surface area contributed by atoms with Gasteiger partial charge in [-0.2, -0.15) is 0 Å². The summed E-state index contributed by atoms with van der Waals surface area (Å²) in [7, 11) is 2.19. The van der Waals surface area contributed by atoms with E-state index in [1.54, 1.807) is 12.3 Å². The van der Waals surface area contributed by atoms with E-state index in [2.05, 4.69) is 32.9 Å². The van der Waals surface area contributed by atoms with Gasteiger partial charge in [0.25, 0.3) is 5.91 Å². The number of carbonyl (C=O) groups excluding carboxylic acids is 1. The van der Waals surface area contributed by atoms with Crippen LogP contribution in [0.25, 0.3) is 0 Å². The molecule has 2 aliphatic rings. The lowest BCUT2D eigenvalue weighted by Crippen LogP contribution is -2.39. The number of likely N-dealkylation sites (tertiary alicyclic amines) is 1. The molecule has 0 saturated carbocycles. The van der Waals surface area contributed by atoms with Gasteiger partial charge in [0.05, 0.1) is 0 Å². The second-order valence-electron chi connectivity index (χ2n) is 5.45. The van der Waals surface area contributed by atoms with E-state index in [-0.39, 0.29) is 5.91 Å². The van der Waals surface area contributed by atoms with Crippen LogP contribution in [0.15, 0.2) is 22.8 Å². The molecule has 0 aromatic carbocycles. The third-order valence-corrected chi connectivity index (χ3v) is 4.85. The Hall–Kier alpha value is -0.940. The summed E-state index contributed by atoms with van der Waals surface area (Å²) in [6.45, 7) is 1.69. The number of amides is 1. The smallest absolute Gasteiger partial charge is 0.272 e. The van der Waals surface area contributed by atoms with Crippen LogP contribution in [0, 0.1) is 0 Å². The van der Waals surface area contributed by atoms with Crippen molar-refractivity contribution >= 4 is 21.8 Å². The minimum Gasteiger partial charge on any atom is -0.336 e. The summed E-state index contributed by atoms with van der Waals surface area (Å²) in [5, 5.41) is 0. The predicted octanol–water partition coefficient (Wildman–Crippen LogP) is 2.15. The Labute approximate surface area is 121 Å². The average Bonchev–Trinajstić information content (AvgIpc) is 2.63. The highest BCUT2D eigenvalue weighted by molar-refractivity contribution is 9.10. The molecule has 3 heterocycles. The molecule has 2 aliphatic heterocycles. The quantitative estimate of drug-likeness (QED) is 0.794. The molecule has 2 saturated heterocycles. The number of halogens is 1. The number of nitrogens with zero attached hydrogens (tertiary/aromatic N) is 3. The molecule has 2 unspecified atom stereocenters. The van der Waals surface area contributed by atoms with Crippen molar-refractivity contribution < 1.29 is 4.79 Å². The van der Waals surface area contributed by atoms with E-state index in [1.807, 2.05) is 11.0 Å². The summed E-state index contributed by atoms with van der Waals surface area (Å²) in [5.74, 6) is 0.0634. The first kappa shape index (κ1) is 13.1. The standard InChI is InChI=1S/C14H18BrN3O/c1-17-11-3-4-12(17)9-18(7-6-11)14(19)13-5-2-10(15)8-16-13/h2,5,8,11-12H,3-4,6-7,9H2,1H3. The highest BCUT2D eigenvalue weighted by atomic mass is 79.9. The third-order valence-electron chi connectivity index (χ3n) is 4.38. The summed E-state index contributed by atoms with van der Waals surface area (Å²) in [5.41, 5.74) is 0.545. The van der Waals surface area contributed by atoms with Crippen LogP contribution in [0.3, 0.4) is 0 Å². The van der Waals surface area contributed by atoms with Crippen molar-refractivity contribution in [2.75, 3.05) is 20.1 Å². The first-order chi connectivity index (χ1) is 9.15. The molecule has 1 amide bonds. The summed E-state index contributed by atoms with van der Waals surface area (Å²) < 4.78 is 0.902. The molecule has 0 radical (unpaired) electrons. The molecule has 0 aliphatic carbocycles. The maximum absolute atomic E-state index is 12.5. The highest BCUT2D eigenvalue weighted by Crippen LogP contribution is 2.28. The fourth-order valence-electron chi connectivity index (χ4n) is 3.16. The molecular weight excluding hydrogens is 306 g/mol. The second kappa shape index (κ2) is 5.21. The number of fused-ring (bicyclic) bond motifs is 2. The summed E-state index contributed by atoms with van der Waals surface area (Å²) >= 11 is 3.34. The van der Waals surface area contributed by atoms with E-state index in [0.29, 0.717) is 17.8 Å². The monoisotopic (exact) mass is 323 g/mol. The van der Waals surface area contributed by atoms with Crippen LogP contribution in [0.5, 0.6) is 0 Å². The Bertz CT molecular complexity index is 476. The first-order valence-corrected chi connectivity index (χ1v) is 7.57. The highest BCUT2D eigenvalue weighted by Gasteiger charge is 2.36. The van der Waals surface area contributed by atoms with Crippen LogP contribution in [-0.2, 0) is 0 Å². The van der Waals surface area contributed by atoms with Gasteiger partial charge in [0, 0.05) is 35.8 Å². The maximum atomic E-state index is 12.5. The molecule has 1 aromatic rings. The zero-order valence-corrected chi connectivity index (χ0v) is 12.6. The molecule has 0 N–H and O–H groups in total. The van der Waals surface area contributed by atoms with Crippen molar-refractivity contribution in [3.05, 3.63) is 28.5 Å². The van der Waals surface area contributed by atoms with Crippen molar-refractivity contribution in [1.82, 2.24) is 14.8 Å². The summed E-state index contributed by atoms with van der Waals surface area (Å²) in [6, 6.07) is 4.84. The van der Waals surface area contributed by atoms with Crippen molar-refractivity contribution in [3.8, 4) is 0 Å². The van der Waals surface area contributed by atoms with Gasteiger partial charge < -0.3 is 4.90 Å². The second-order valence-corrected chi connectivity index (χ2v) is 6.37. The number of hydrogen-bond donors (Lipinski definition) is 0. The van der Waals surface area contributed by atoms with Crippen molar-refractivity contribution in [2.45, 2.75) is 31.3 Å². The van der Waals surface area contributed by atoms with E-state index in [9.17, 15) is 4.79 Å². The van der Waals surface area contributed by atoms with Gasteiger partial charge in [0.2, 0.25) is 0 Å². The van der Waals surface area contributed by atoms with Gasteiger partial charge in [0.15, 0.2) is 0 Å². The number of pyridine rings is 1. The molecule has 4 nitrogen and oxygen atoms in total. The molecular formula is C14H18BrN3O. The summed E-state index contributed by atoms with van der Waals surface area (Å²) in [4.78, 5) is 21.1. The van der Waals surface area contributed by atoms with Crippen LogP contribution in [0.1, 0.15) is 29.8 Å². The average molecular weight is 324 g/mol. The molecule has 3 rings (SSSR count). The normalized spacial score (nSPS) is 27.4. The van der Waals surface area contributed by atoms with Crippen LogP contribution in [-0.4, -0.2) is 52.9 Å². The molecule has 5 heteroatoms. The molecule has 1 aromatic heterocycles.